The Kier molecular flexibility index (Phi) is 6.67. The summed E-state index contributed by atoms with van der Waals surface area (Å²) in [6, 6.07) is 19.5. The number of fused-ring (bicyclic) bond motifs is 1. The van der Waals surface area contributed by atoms with Crippen LogP contribution in [0.25, 0.3) is 16.9 Å². The molecule has 0 unspecified atom stereocenters. The minimum Gasteiger partial charge on any atom is -0.378 e. The third kappa shape index (κ3) is 5.12. The van der Waals surface area contributed by atoms with Gasteiger partial charge >= 0.3 is 0 Å². The van der Waals surface area contributed by atoms with Gasteiger partial charge in [0.1, 0.15) is 11.6 Å². The molecule has 1 atom stereocenters. The van der Waals surface area contributed by atoms with Crippen LogP contribution in [0.3, 0.4) is 0 Å². The molecule has 10 heteroatoms. The van der Waals surface area contributed by atoms with Gasteiger partial charge in [0.05, 0.1) is 24.2 Å². The minimum atomic E-state index is -2.74. The van der Waals surface area contributed by atoms with Crippen LogP contribution in [-0.2, 0) is 11.3 Å². The molecule has 192 valence electrons. The number of para-hydroxylation sites is 2. The van der Waals surface area contributed by atoms with Gasteiger partial charge in [-0.1, -0.05) is 42.5 Å². The van der Waals surface area contributed by atoms with E-state index in [0.29, 0.717) is 54.9 Å². The van der Waals surface area contributed by atoms with Gasteiger partial charge in [-0.3, -0.25) is 9.47 Å². The summed E-state index contributed by atoms with van der Waals surface area (Å²) in [5.74, 6) is 1.17. The van der Waals surface area contributed by atoms with E-state index in [1.165, 1.54) is 10.1 Å². The second kappa shape index (κ2) is 10.4. The van der Waals surface area contributed by atoms with Crippen LogP contribution in [0.15, 0.2) is 60.7 Å². The van der Waals surface area contributed by atoms with E-state index < -0.39 is 6.43 Å². The molecule has 2 aliphatic heterocycles. The van der Waals surface area contributed by atoms with E-state index >= 15 is 0 Å². The molecule has 1 N–H and O–H groups in total. The number of hydrogen-bond acceptors (Lipinski definition) is 7. The topological polar surface area (TPSA) is 71.3 Å². The molecule has 0 radical (unpaired) electrons. The van der Waals surface area contributed by atoms with Crippen LogP contribution in [-0.4, -0.2) is 69.9 Å². The number of imidazole rings is 1. The molecule has 0 amide bonds. The highest BCUT2D eigenvalue weighted by Crippen LogP contribution is 2.29. The Morgan fingerprint density at radius 1 is 0.919 bits per heavy atom. The summed E-state index contributed by atoms with van der Waals surface area (Å²) in [5.41, 5.74) is 2.37. The quantitative estimate of drug-likeness (QED) is 0.402. The van der Waals surface area contributed by atoms with Crippen LogP contribution in [0.1, 0.15) is 24.2 Å². The van der Waals surface area contributed by atoms with Crippen molar-refractivity contribution in [2.75, 3.05) is 49.6 Å². The van der Waals surface area contributed by atoms with E-state index in [9.17, 15) is 8.78 Å². The lowest BCUT2D eigenvalue weighted by molar-refractivity contribution is 0.122. The Hall–Kier alpha value is -3.63. The van der Waals surface area contributed by atoms with E-state index in [-0.39, 0.29) is 11.9 Å². The lowest BCUT2D eigenvalue weighted by Gasteiger charge is -2.28. The largest absolute Gasteiger partial charge is 0.378 e. The van der Waals surface area contributed by atoms with Gasteiger partial charge in [-0.15, -0.1) is 0 Å². The van der Waals surface area contributed by atoms with Crippen LogP contribution in [0.4, 0.5) is 20.5 Å². The highest BCUT2D eigenvalue weighted by molar-refractivity contribution is 5.78. The molecular formula is C27H29F2N7O. The standard InChI is InChI=1S/C27H29F2N7O/c28-25(29)26-31-21-8-4-5-9-22(21)36(26)24-16-23(35-12-14-37-15-13-35)32-27(33-24)30-20-10-11-34(18-20)17-19-6-2-1-3-7-19/h1-9,16,20,25H,10-15,17-18H2,(H,30,32,33)/t20-/m1/s1. The Labute approximate surface area is 213 Å². The number of ether oxygens (including phenoxy) is 1. The van der Waals surface area contributed by atoms with Crippen LogP contribution >= 0.6 is 0 Å². The summed E-state index contributed by atoms with van der Waals surface area (Å²) in [5, 5.41) is 3.49. The third-order valence-electron chi connectivity index (χ3n) is 6.90. The molecule has 2 fully saturated rings. The number of aromatic nitrogens is 4. The number of benzene rings is 2. The summed E-state index contributed by atoms with van der Waals surface area (Å²) >= 11 is 0. The molecule has 6 rings (SSSR count). The zero-order chi connectivity index (χ0) is 25.2. The normalized spacial score (nSPS) is 18.7. The fourth-order valence-corrected chi connectivity index (χ4v) is 5.11. The number of halogens is 2. The lowest BCUT2D eigenvalue weighted by Crippen LogP contribution is -2.37. The van der Waals surface area contributed by atoms with Gasteiger partial charge in [0.2, 0.25) is 5.95 Å². The van der Waals surface area contributed by atoms with Crippen molar-refractivity contribution in [3.8, 4) is 5.82 Å². The Bertz CT molecular complexity index is 1360. The second-order valence-electron chi connectivity index (χ2n) is 9.45. The molecule has 4 aromatic rings. The van der Waals surface area contributed by atoms with Gasteiger partial charge in [0, 0.05) is 44.8 Å². The van der Waals surface area contributed by atoms with E-state index in [1.54, 1.807) is 24.3 Å². The van der Waals surface area contributed by atoms with Gasteiger partial charge in [-0.2, -0.15) is 9.97 Å². The summed E-state index contributed by atoms with van der Waals surface area (Å²) < 4.78 is 35.1. The number of morpholine rings is 1. The zero-order valence-corrected chi connectivity index (χ0v) is 20.4. The molecule has 2 aliphatic rings. The van der Waals surface area contributed by atoms with Crippen molar-refractivity contribution in [3.05, 3.63) is 72.1 Å². The van der Waals surface area contributed by atoms with Gasteiger partial charge in [-0.05, 0) is 24.1 Å². The second-order valence-corrected chi connectivity index (χ2v) is 9.45. The highest BCUT2D eigenvalue weighted by atomic mass is 19.3. The van der Waals surface area contributed by atoms with Crippen molar-refractivity contribution in [2.45, 2.75) is 25.4 Å². The Balaban J connectivity index is 1.32. The molecule has 8 nitrogen and oxygen atoms in total. The molecule has 0 aliphatic carbocycles. The zero-order valence-electron chi connectivity index (χ0n) is 20.4. The third-order valence-corrected chi connectivity index (χ3v) is 6.90. The summed E-state index contributed by atoms with van der Waals surface area (Å²) in [7, 11) is 0. The number of likely N-dealkylation sites (tertiary alicyclic amines) is 1. The van der Waals surface area contributed by atoms with Crippen molar-refractivity contribution in [3.63, 3.8) is 0 Å². The molecule has 37 heavy (non-hydrogen) atoms. The highest BCUT2D eigenvalue weighted by Gasteiger charge is 2.26. The predicted molar refractivity (Wildman–Crippen MR) is 138 cm³/mol. The Morgan fingerprint density at radius 3 is 2.49 bits per heavy atom. The molecule has 2 aromatic heterocycles. The summed E-state index contributed by atoms with van der Waals surface area (Å²) in [6.07, 6.45) is -1.80. The lowest BCUT2D eigenvalue weighted by atomic mass is 10.2. The van der Waals surface area contributed by atoms with Gasteiger partial charge < -0.3 is 15.0 Å². The van der Waals surface area contributed by atoms with E-state index in [2.05, 4.69) is 44.4 Å². The minimum absolute atomic E-state index is 0.158. The van der Waals surface area contributed by atoms with Crippen molar-refractivity contribution in [1.29, 1.82) is 0 Å². The van der Waals surface area contributed by atoms with Crippen molar-refractivity contribution >= 4 is 22.8 Å². The van der Waals surface area contributed by atoms with Crippen molar-refractivity contribution < 1.29 is 13.5 Å². The molecule has 0 saturated carbocycles. The number of alkyl halides is 2. The molecule has 0 bridgehead atoms. The average molecular weight is 506 g/mol. The van der Waals surface area contributed by atoms with Gasteiger partial charge in [-0.25, -0.2) is 13.8 Å². The first kappa shape index (κ1) is 23.7. The molecular weight excluding hydrogens is 476 g/mol. The average Bonchev–Trinajstić information content (AvgIpc) is 3.54. The monoisotopic (exact) mass is 505 g/mol. The van der Waals surface area contributed by atoms with E-state index in [4.69, 9.17) is 14.7 Å². The SMILES string of the molecule is FC(F)c1nc2ccccc2n1-c1cc(N2CCOCC2)nc(N[C@@H]2CCN(Cc3ccccc3)C2)n1. The first-order valence-corrected chi connectivity index (χ1v) is 12.6. The van der Waals surface area contributed by atoms with Crippen LogP contribution < -0.4 is 10.2 Å². The smallest absolute Gasteiger partial charge is 0.296 e. The number of hydrogen-bond donors (Lipinski definition) is 1. The number of nitrogens with one attached hydrogen (secondary N) is 1. The molecule has 2 saturated heterocycles. The van der Waals surface area contributed by atoms with Crippen molar-refractivity contribution in [2.24, 2.45) is 0 Å². The van der Waals surface area contributed by atoms with Crippen LogP contribution in [0, 0.1) is 0 Å². The fourth-order valence-electron chi connectivity index (χ4n) is 5.11. The van der Waals surface area contributed by atoms with E-state index in [0.717, 1.165) is 26.1 Å². The fraction of sp³-hybridized carbons (Fsp3) is 0.370. The number of rotatable bonds is 7. The molecule has 0 spiro atoms. The number of anilines is 2. The number of nitrogens with zero attached hydrogens (tertiary/aromatic N) is 6. The molecule has 4 heterocycles. The first-order valence-electron chi connectivity index (χ1n) is 12.6. The van der Waals surface area contributed by atoms with Crippen LogP contribution in [0.5, 0.6) is 0 Å². The first-order chi connectivity index (χ1) is 18.1. The summed E-state index contributed by atoms with van der Waals surface area (Å²) in [4.78, 5) is 18.2. The van der Waals surface area contributed by atoms with Crippen LogP contribution in [0.2, 0.25) is 0 Å². The van der Waals surface area contributed by atoms with E-state index in [1.807, 2.05) is 12.1 Å². The van der Waals surface area contributed by atoms with Gasteiger partial charge in [0.25, 0.3) is 6.43 Å². The summed E-state index contributed by atoms with van der Waals surface area (Å²) in [6.45, 7) is 5.24. The van der Waals surface area contributed by atoms with Crippen molar-refractivity contribution in [1.82, 2.24) is 24.4 Å². The van der Waals surface area contributed by atoms with Gasteiger partial charge in [0.15, 0.2) is 5.82 Å². The molecule has 2 aromatic carbocycles. The maximum absolute atomic E-state index is 14.1. The Morgan fingerprint density at radius 2 is 1.68 bits per heavy atom. The predicted octanol–water partition coefficient (Wildman–Crippen LogP) is 4.28. The maximum atomic E-state index is 14.1. The maximum Gasteiger partial charge on any atom is 0.296 e.